The molecular weight excluding hydrogens is 348 g/mol. The van der Waals surface area contributed by atoms with Crippen LogP contribution in [0.3, 0.4) is 0 Å². The highest BCUT2D eigenvalue weighted by Crippen LogP contribution is 2.45. The highest BCUT2D eigenvalue weighted by atomic mass is 14.4. The van der Waals surface area contributed by atoms with E-state index < -0.39 is 0 Å². The van der Waals surface area contributed by atoms with Gasteiger partial charge in [-0.2, -0.15) is 0 Å². The van der Waals surface area contributed by atoms with Crippen molar-refractivity contribution in [2.24, 2.45) is 17.8 Å². The Morgan fingerprint density at radius 1 is 0.621 bits per heavy atom. The molecule has 0 spiro atoms. The molecular formula is C29H40. The molecule has 0 aromatic heterocycles. The Labute approximate surface area is 179 Å². The predicted octanol–water partition coefficient (Wildman–Crippen LogP) is 8.69. The molecule has 2 aliphatic carbocycles. The van der Waals surface area contributed by atoms with E-state index in [9.17, 15) is 0 Å². The molecule has 0 bridgehead atoms. The Balaban J connectivity index is 1.48. The molecule has 2 aromatic carbocycles. The first-order chi connectivity index (χ1) is 13.9. The van der Waals surface area contributed by atoms with Crippen LogP contribution in [0.25, 0.3) is 11.1 Å². The molecule has 0 nitrogen and oxygen atoms in total. The van der Waals surface area contributed by atoms with E-state index >= 15 is 0 Å². The number of rotatable bonds is 3. The van der Waals surface area contributed by atoms with Crippen molar-refractivity contribution in [2.45, 2.75) is 91.9 Å². The molecule has 0 atom stereocenters. The largest absolute Gasteiger partial charge is 0.0625 e. The Bertz CT molecular complexity index is 822. The summed E-state index contributed by atoms with van der Waals surface area (Å²) in [5, 5.41) is 0. The Morgan fingerprint density at radius 2 is 1.17 bits per heavy atom. The molecule has 2 aromatic rings. The van der Waals surface area contributed by atoms with E-state index in [1.165, 1.54) is 84.7 Å². The molecule has 0 heterocycles. The van der Waals surface area contributed by atoms with E-state index in [0.29, 0.717) is 0 Å². The van der Waals surface area contributed by atoms with Crippen LogP contribution < -0.4 is 0 Å². The summed E-state index contributed by atoms with van der Waals surface area (Å²) in [5.41, 5.74) is 10.2. The van der Waals surface area contributed by atoms with Gasteiger partial charge in [-0.15, -0.1) is 0 Å². The summed E-state index contributed by atoms with van der Waals surface area (Å²) in [6, 6.07) is 11.8. The van der Waals surface area contributed by atoms with Gasteiger partial charge in [0.1, 0.15) is 0 Å². The molecule has 2 aliphatic rings. The Hall–Kier alpha value is -1.56. The summed E-state index contributed by atoms with van der Waals surface area (Å²) in [6.07, 6.45) is 11.7. The summed E-state index contributed by atoms with van der Waals surface area (Å²) in [4.78, 5) is 0. The van der Waals surface area contributed by atoms with Gasteiger partial charge >= 0.3 is 0 Å². The zero-order chi connectivity index (χ0) is 20.5. The summed E-state index contributed by atoms with van der Waals surface area (Å²) in [6.45, 7) is 11.6. The lowest BCUT2D eigenvalue weighted by Crippen LogP contribution is -2.25. The number of hydrogen-bond acceptors (Lipinski definition) is 0. The molecule has 0 heteroatoms. The predicted molar refractivity (Wildman–Crippen MR) is 127 cm³/mol. The average Bonchev–Trinajstić information content (AvgIpc) is 2.70. The van der Waals surface area contributed by atoms with Crippen LogP contribution in [0.15, 0.2) is 30.3 Å². The van der Waals surface area contributed by atoms with Gasteiger partial charge in [0, 0.05) is 0 Å². The van der Waals surface area contributed by atoms with Crippen LogP contribution >= 0.6 is 0 Å². The van der Waals surface area contributed by atoms with Crippen LogP contribution in [-0.4, -0.2) is 0 Å². The molecule has 0 amide bonds. The van der Waals surface area contributed by atoms with Crippen LogP contribution in [0.1, 0.15) is 92.0 Å². The van der Waals surface area contributed by atoms with Gasteiger partial charge < -0.3 is 0 Å². The minimum atomic E-state index is 0.778. The minimum absolute atomic E-state index is 0.778. The van der Waals surface area contributed by atoms with Gasteiger partial charge in [0.05, 0.1) is 0 Å². The van der Waals surface area contributed by atoms with Crippen molar-refractivity contribution < 1.29 is 0 Å². The topological polar surface area (TPSA) is 0 Å². The lowest BCUT2D eigenvalue weighted by Gasteiger charge is -2.37. The molecule has 0 saturated heterocycles. The first-order valence-corrected chi connectivity index (χ1v) is 12.1. The fourth-order valence-electron chi connectivity index (χ4n) is 6.39. The van der Waals surface area contributed by atoms with E-state index in [1.54, 1.807) is 5.56 Å². The molecule has 0 unspecified atom stereocenters. The summed E-state index contributed by atoms with van der Waals surface area (Å²) >= 11 is 0. The van der Waals surface area contributed by atoms with Gasteiger partial charge in [0.2, 0.25) is 0 Å². The molecule has 2 saturated carbocycles. The van der Waals surface area contributed by atoms with Gasteiger partial charge in [-0.3, -0.25) is 0 Å². The lowest BCUT2D eigenvalue weighted by molar-refractivity contribution is 0.165. The van der Waals surface area contributed by atoms with Gasteiger partial charge in [0.25, 0.3) is 0 Å². The highest BCUT2D eigenvalue weighted by molar-refractivity contribution is 5.70. The van der Waals surface area contributed by atoms with E-state index in [2.05, 4.69) is 65.0 Å². The lowest BCUT2D eigenvalue weighted by atomic mass is 9.68. The smallest absolute Gasteiger partial charge is 0.0152 e. The van der Waals surface area contributed by atoms with E-state index in [1.807, 2.05) is 0 Å². The molecule has 4 rings (SSSR count). The van der Waals surface area contributed by atoms with Crippen LogP contribution in [0.2, 0.25) is 0 Å². The van der Waals surface area contributed by atoms with E-state index in [0.717, 1.165) is 23.7 Å². The molecule has 0 radical (unpaired) electrons. The van der Waals surface area contributed by atoms with Crippen molar-refractivity contribution >= 4 is 0 Å². The van der Waals surface area contributed by atoms with Gasteiger partial charge in [0.15, 0.2) is 0 Å². The zero-order valence-electron chi connectivity index (χ0n) is 19.4. The van der Waals surface area contributed by atoms with Crippen molar-refractivity contribution in [3.05, 3.63) is 58.1 Å². The van der Waals surface area contributed by atoms with Gasteiger partial charge in [-0.25, -0.2) is 0 Å². The van der Waals surface area contributed by atoms with Gasteiger partial charge in [-0.05, 0) is 118 Å². The van der Waals surface area contributed by atoms with Crippen LogP contribution in [0.5, 0.6) is 0 Å². The first-order valence-electron chi connectivity index (χ1n) is 12.1. The normalized spacial score (nSPS) is 27.8. The maximum atomic E-state index is 2.46. The number of aryl methyl sites for hydroxylation is 2. The van der Waals surface area contributed by atoms with Gasteiger partial charge in [-0.1, -0.05) is 61.2 Å². The second-order valence-electron chi connectivity index (χ2n) is 10.5. The van der Waals surface area contributed by atoms with Crippen molar-refractivity contribution in [3.63, 3.8) is 0 Å². The third-order valence-electron chi connectivity index (χ3n) is 8.30. The third-order valence-corrected chi connectivity index (χ3v) is 8.30. The molecule has 0 N–H and O–H groups in total. The van der Waals surface area contributed by atoms with E-state index in [4.69, 9.17) is 0 Å². The molecule has 156 valence electrons. The molecule has 0 aliphatic heterocycles. The second kappa shape index (κ2) is 8.66. The Morgan fingerprint density at radius 3 is 1.76 bits per heavy atom. The van der Waals surface area contributed by atoms with Crippen LogP contribution in [0.4, 0.5) is 0 Å². The van der Waals surface area contributed by atoms with Crippen molar-refractivity contribution in [3.8, 4) is 11.1 Å². The standard InChI is InChI=1S/C29H40/c1-19-6-8-24(9-7-19)25-10-12-26(13-11-25)28-14-15-29(23(5)22(28)4)27-17-20(2)16-21(3)18-27/h14-19,24-26H,6-13H2,1-5H3. The molecule has 29 heavy (non-hydrogen) atoms. The summed E-state index contributed by atoms with van der Waals surface area (Å²) in [5.74, 6) is 3.79. The first kappa shape index (κ1) is 20.7. The van der Waals surface area contributed by atoms with Crippen molar-refractivity contribution in [2.75, 3.05) is 0 Å². The van der Waals surface area contributed by atoms with Crippen molar-refractivity contribution in [1.82, 2.24) is 0 Å². The Kier molecular flexibility index (Phi) is 6.19. The maximum Gasteiger partial charge on any atom is -0.0152 e. The number of hydrogen-bond donors (Lipinski definition) is 0. The van der Waals surface area contributed by atoms with Crippen LogP contribution in [0, 0.1) is 45.4 Å². The average molecular weight is 389 g/mol. The minimum Gasteiger partial charge on any atom is -0.0625 e. The van der Waals surface area contributed by atoms with E-state index in [-0.39, 0.29) is 0 Å². The second-order valence-corrected chi connectivity index (χ2v) is 10.5. The quantitative estimate of drug-likeness (QED) is 0.493. The van der Waals surface area contributed by atoms with Crippen molar-refractivity contribution in [1.29, 1.82) is 0 Å². The SMILES string of the molecule is Cc1cc(C)cc(-c2ccc(C3CCC(C4CCC(C)CC4)CC3)c(C)c2C)c1. The monoisotopic (exact) mass is 388 g/mol. The summed E-state index contributed by atoms with van der Waals surface area (Å²) in [7, 11) is 0. The summed E-state index contributed by atoms with van der Waals surface area (Å²) < 4.78 is 0. The fourth-order valence-corrected chi connectivity index (χ4v) is 6.39. The highest BCUT2D eigenvalue weighted by Gasteiger charge is 2.31. The maximum absolute atomic E-state index is 2.46. The fraction of sp³-hybridized carbons (Fsp3) is 0.586. The third kappa shape index (κ3) is 4.47. The zero-order valence-corrected chi connectivity index (χ0v) is 19.4. The molecule has 2 fully saturated rings. The van der Waals surface area contributed by atoms with Crippen LogP contribution in [-0.2, 0) is 0 Å². The number of benzene rings is 2.